The molecule has 0 saturated carbocycles. The second kappa shape index (κ2) is 4.96. The van der Waals surface area contributed by atoms with Crippen LogP contribution < -0.4 is 4.90 Å². The summed E-state index contributed by atoms with van der Waals surface area (Å²) in [6, 6.07) is 6.64. The van der Waals surface area contributed by atoms with Crippen molar-refractivity contribution in [1.82, 2.24) is 0 Å². The van der Waals surface area contributed by atoms with E-state index in [0.29, 0.717) is 18.7 Å². The third-order valence-corrected chi connectivity index (χ3v) is 2.15. The molecule has 14 heavy (non-hydrogen) atoms. The SMILES string of the molecule is CC(O)CCN(C)c1ccccc1F. The Balaban J connectivity index is 2.60. The van der Waals surface area contributed by atoms with Gasteiger partial charge in [-0.1, -0.05) is 12.1 Å². The maximum absolute atomic E-state index is 13.3. The van der Waals surface area contributed by atoms with Crippen LogP contribution in [0.1, 0.15) is 13.3 Å². The first-order valence-electron chi connectivity index (χ1n) is 4.75. The molecule has 1 aromatic carbocycles. The van der Waals surface area contributed by atoms with Crippen LogP contribution in [0.15, 0.2) is 24.3 Å². The van der Waals surface area contributed by atoms with Crippen LogP contribution >= 0.6 is 0 Å². The van der Waals surface area contributed by atoms with Crippen molar-refractivity contribution in [2.45, 2.75) is 19.4 Å². The molecule has 0 saturated heterocycles. The Kier molecular flexibility index (Phi) is 3.89. The molecule has 0 heterocycles. The van der Waals surface area contributed by atoms with E-state index in [-0.39, 0.29) is 11.9 Å². The summed E-state index contributed by atoms with van der Waals surface area (Å²) in [6.45, 7) is 2.38. The van der Waals surface area contributed by atoms with Crippen LogP contribution in [0.2, 0.25) is 0 Å². The van der Waals surface area contributed by atoms with Crippen LogP contribution in [0, 0.1) is 5.82 Å². The first kappa shape index (κ1) is 11.0. The molecule has 0 radical (unpaired) electrons. The highest BCUT2D eigenvalue weighted by Gasteiger charge is 2.06. The molecule has 0 aliphatic heterocycles. The smallest absolute Gasteiger partial charge is 0.146 e. The Hall–Kier alpha value is -1.09. The molecule has 0 fully saturated rings. The summed E-state index contributed by atoms with van der Waals surface area (Å²) in [6.07, 6.45) is 0.300. The molecular weight excluding hydrogens is 181 g/mol. The Morgan fingerprint density at radius 1 is 1.43 bits per heavy atom. The summed E-state index contributed by atoms with van der Waals surface area (Å²) in [4.78, 5) is 1.81. The lowest BCUT2D eigenvalue weighted by Gasteiger charge is -2.20. The first-order valence-corrected chi connectivity index (χ1v) is 4.75. The molecule has 0 aromatic heterocycles. The molecule has 1 rings (SSSR count). The molecule has 0 spiro atoms. The van der Waals surface area contributed by atoms with Crippen LogP contribution in [-0.2, 0) is 0 Å². The van der Waals surface area contributed by atoms with Gasteiger partial charge >= 0.3 is 0 Å². The topological polar surface area (TPSA) is 23.5 Å². The van der Waals surface area contributed by atoms with E-state index >= 15 is 0 Å². The minimum atomic E-state index is -0.343. The summed E-state index contributed by atoms with van der Waals surface area (Å²) < 4.78 is 13.3. The first-order chi connectivity index (χ1) is 6.61. The largest absolute Gasteiger partial charge is 0.393 e. The number of hydrogen-bond acceptors (Lipinski definition) is 2. The molecule has 0 aliphatic rings. The zero-order valence-corrected chi connectivity index (χ0v) is 8.57. The van der Waals surface area contributed by atoms with Crippen molar-refractivity contribution in [3.05, 3.63) is 30.1 Å². The molecule has 1 unspecified atom stereocenters. The molecule has 3 heteroatoms. The highest BCUT2D eigenvalue weighted by molar-refractivity contribution is 5.46. The Morgan fingerprint density at radius 3 is 2.64 bits per heavy atom. The van der Waals surface area contributed by atoms with Gasteiger partial charge in [-0.15, -0.1) is 0 Å². The van der Waals surface area contributed by atoms with Crippen LogP contribution in [0.25, 0.3) is 0 Å². The summed E-state index contributed by atoms with van der Waals surface area (Å²) in [5.74, 6) is -0.222. The maximum Gasteiger partial charge on any atom is 0.146 e. The van der Waals surface area contributed by atoms with Gasteiger partial charge in [0.1, 0.15) is 5.82 Å². The summed E-state index contributed by atoms with van der Waals surface area (Å²) >= 11 is 0. The zero-order valence-electron chi connectivity index (χ0n) is 8.57. The van der Waals surface area contributed by atoms with Crippen molar-refractivity contribution in [3.8, 4) is 0 Å². The number of anilines is 1. The van der Waals surface area contributed by atoms with E-state index in [1.54, 1.807) is 25.1 Å². The van der Waals surface area contributed by atoms with Gasteiger partial charge in [0.05, 0.1) is 11.8 Å². The van der Waals surface area contributed by atoms with Crippen LogP contribution in [-0.4, -0.2) is 24.8 Å². The van der Waals surface area contributed by atoms with Gasteiger partial charge in [0, 0.05) is 13.6 Å². The fraction of sp³-hybridized carbons (Fsp3) is 0.455. The van der Waals surface area contributed by atoms with E-state index in [0.717, 1.165) is 0 Å². The van der Waals surface area contributed by atoms with Gasteiger partial charge in [0.2, 0.25) is 0 Å². The van der Waals surface area contributed by atoms with Gasteiger partial charge in [-0.05, 0) is 25.5 Å². The number of aliphatic hydroxyl groups excluding tert-OH is 1. The van der Waals surface area contributed by atoms with Gasteiger partial charge in [0.15, 0.2) is 0 Å². The molecule has 1 N–H and O–H groups in total. The van der Waals surface area contributed by atoms with Crippen LogP contribution in [0.4, 0.5) is 10.1 Å². The number of para-hydroxylation sites is 1. The minimum Gasteiger partial charge on any atom is -0.393 e. The summed E-state index contributed by atoms with van der Waals surface area (Å²) in [7, 11) is 1.82. The molecule has 2 nitrogen and oxygen atoms in total. The van der Waals surface area contributed by atoms with E-state index in [1.165, 1.54) is 6.07 Å². The third kappa shape index (κ3) is 3.00. The Labute approximate surface area is 84.0 Å². The molecular formula is C11H16FNO. The Bertz CT molecular complexity index is 288. The monoisotopic (exact) mass is 197 g/mol. The number of benzene rings is 1. The van der Waals surface area contributed by atoms with Crippen molar-refractivity contribution < 1.29 is 9.50 Å². The average Bonchev–Trinajstić information content (AvgIpc) is 2.15. The highest BCUT2D eigenvalue weighted by Crippen LogP contribution is 2.17. The highest BCUT2D eigenvalue weighted by atomic mass is 19.1. The van der Waals surface area contributed by atoms with Gasteiger partial charge in [-0.25, -0.2) is 4.39 Å². The lowest BCUT2D eigenvalue weighted by atomic mass is 10.2. The second-order valence-electron chi connectivity index (χ2n) is 3.51. The quantitative estimate of drug-likeness (QED) is 0.798. The number of nitrogens with zero attached hydrogens (tertiary/aromatic N) is 1. The fourth-order valence-electron chi connectivity index (χ4n) is 1.26. The number of hydrogen-bond donors (Lipinski definition) is 1. The van der Waals surface area contributed by atoms with E-state index in [1.807, 2.05) is 11.9 Å². The maximum atomic E-state index is 13.3. The van der Waals surface area contributed by atoms with E-state index in [4.69, 9.17) is 5.11 Å². The molecule has 1 aromatic rings. The van der Waals surface area contributed by atoms with Crippen molar-refractivity contribution in [2.24, 2.45) is 0 Å². The Morgan fingerprint density at radius 2 is 2.07 bits per heavy atom. The minimum absolute atomic E-state index is 0.222. The lowest BCUT2D eigenvalue weighted by Crippen LogP contribution is -2.22. The third-order valence-electron chi connectivity index (χ3n) is 2.15. The van der Waals surface area contributed by atoms with E-state index in [2.05, 4.69) is 0 Å². The number of aliphatic hydroxyl groups is 1. The van der Waals surface area contributed by atoms with Gasteiger partial charge in [0.25, 0.3) is 0 Å². The van der Waals surface area contributed by atoms with E-state index < -0.39 is 0 Å². The fourth-order valence-corrected chi connectivity index (χ4v) is 1.26. The number of halogens is 1. The molecule has 78 valence electrons. The molecule has 0 amide bonds. The summed E-state index contributed by atoms with van der Waals surface area (Å²) in [5, 5.41) is 9.10. The van der Waals surface area contributed by atoms with Crippen LogP contribution in [0.5, 0.6) is 0 Å². The zero-order chi connectivity index (χ0) is 10.6. The average molecular weight is 197 g/mol. The predicted octanol–water partition coefficient (Wildman–Crippen LogP) is 2.03. The lowest BCUT2D eigenvalue weighted by molar-refractivity contribution is 0.187. The van der Waals surface area contributed by atoms with Crippen molar-refractivity contribution in [1.29, 1.82) is 0 Å². The van der Waals surface area contributed by atoms with Gasteiger partial charge in [-0.3, -0.25) is 0 Å². The van der Waals surface area contributed by atoms with Gasteiger partial charge in [-0.2, -0.15) is 0 Å². The standard InChI is InChI=1S/C11H16FNO/c1-9(14)7-8-13(2)11-6-4-3-5-10(11)12/h3-6,9,14H,7-8H2,1-2H3. The molecule has 0 bridgehead atoms. The number of rotatable bonds is 4. The normalized spacial score (nSPS) is 12.6. The van der Waals surface area contributed by atoms with Crippen molar-refractivity contribution in [2.75, 3.05) is 18.5 Å². The van der Waals surface area contributed by atoms with E-state index in [9.17, 15) is 4.39 Å². The molecule has 0 aliphatic carbocycles. The van der Waals surface area contributed by atoms with Crippen LogP contribution in [0.3, 0.4) is 0 Å². The van der Waals surface area contributed by atoms with Gasteiger partial charge < -0.3 is 10.0 Å². The predicted molar refractivity (Wildman–Crippen MR) is 56.0 cm³/mol. The molecule has 1 atom stereocenters. The van der Waals surface area contributed by atoms with Crippen molar-refractivity contribution in [3.63, 3.8) is 0 Å². The summed E-state index contributed by atoms with van der Waals surface area (Å²) in [5.41, 5.74) is 0.577. The second-order valence-corrected chi connectivity index (χ2v) is 3.51. The van der Waals surface area contributed by atoms with Crippen molar-refractivity contribution >= 4 is 5.69 Å².